The Morgan fingerprint density at radius 3 is 0.689 bits per heavy atom. The summed E-state index contributed by atoms with van der Waals surface area (Å²) in [5.41, 5.74) is 0. The molecule has 2 atom stereocenters. The molecule has 45 heavy (non-hydrogen) atoms. The van der Waals surface area contributed by atoms with Gasteiger partial charge in [0.1, 0.15) is 13.2 Å². The minimum Gasteiger partial charge on any atom is -0.368 e. The smallest absolute Gasteiger partial charge is 0.368 e. The van der Waals surface area contributed by atoms with Gasteiger partial charge in [0.2, 0.25) is 0 Å². The molecule has 0 aromatic heterocycles. The van der Waals surface area contributed by atoms with Crippen LogP contribution in [0.2, 0.25) is 0 Å². The summed E-state index contributed by atoms with van der Waals surface area (Å²) in [5.74, 6) is -82.3. The number of hydrogen-bond donors (Lipinski definition) is 0. The number of hydrogen-bond acceptors (Lipinski definition) is 1. The molecule has 0 spiro atoms. The molecule has 0 aliphatic carbocycles. The summed E-state index contributed by atoms with van der Waals surface area (Å²) in [6, 6.07) is 0. The maximum atomic E-state index is 13.5. The van der Waals surface area contributed by atoms with Gasteiger partial charge in [0, 0.05) is 0 Å². The molecule has 0 N–H and O–H groups in total. The average molecular weight is 746 g/mol. The zero-order valence-electron chi connectivity index (χ0n) is 19.6. The minimum absolute atomic E-state index is 2.43. The highest BCUT2D eigenvalue weighted by molar-refractivity contribution is 5.12. The molecule has 272 valence electrons. The zero-order chi connectivity index (χ0) is 37.3. The van der Waals surface area contributed by atoms with Gasteiger partial charge in [0.05, 0.1) is 0 Å². The third-order valence-electron chi connectivity index (χ3n) is 5.11. The summed E-state index contributed by atoms with van der Waals surface area (Å²) in [5, 5.41) is 0. The van der Waals surface area contributed by atoms with Gasteiger partial charge in [0.15, 0.2) is 0 Å². The second-order valence-corrected chi connectivity index (χ2v) is 8.40. The van der Waals surface area contributed by atoms with E-state index in [4.69, 9.17) is 0 Å². The SMILES string of the molecule is FC(C(F)(F)F)C(F)(F)C(F)(F)C(F)(F)C(F)(F)C(F)(F)COCC(F)(F)C(F)(F)C(F)(F)C(F)(F)C(F)(F)C(F)C(F)(F)F. The van der Waals surface area contributed by atoms with Crippen LogP contribution < -0.4 is 0 Å². The van der Waals surface area contributed by atoms with Crippen LogP contribution in [0.5, 0.6) is 0 Å². The molecular weight excluding hydrogens is 740 g/mol. The van der Waals surface area contributed by atoms with Gasteiger partial charge < -0.3 is 4.74 Å². The summed E-state index contributed by atoms with van der Waals surface area (Å²) >= 11 is 0. The molecule has 0 bridgehead atoms. The van der Waals surface area contributed by atoms with Gasteiger partial charge in [-0.2, -0.15) is 114 Å². The molecule has 0 saturated heterocycles. The van der Waals surface area contributed by atoms with E-state index in [9.17, 15) is 123 Å². The van der Waals surface area contributed by atoms with Crippen molar-refractivity contribution in [3.05, 3.63) is 0 Å². The van der Waals surface area contributed by atoms with Gasteiger partial charge in [-0.15, -0.1) is 0 Å². The summed E-state index contributed by atoms with van der Waals surface area (Å²) in [6.45, 7) is -8.61. The van der Waals surface area contributed by atoms with E-state index in [2.05, 4.69) is 4.74 Å². The van der Waals surface area contributed by atoms with Crippen molar-refractivity contribution in [3.8, 4) is 0 Å². The molecule has 0 fully saturated rings. The molecule has 1 nitrogen and oxygen atoms in total. The molecule has 0 amide bonds. The lowest BCUT2D eigenvalue weighted by molar-refractivity contribution is -0.426. The minimum atomic E-state index is -8.62. The highest BCUT2D eigenvalue weighted by Gasteiger charge is 2.90. The summed E-state index contributed by atoms with van der Waals surface area (Å²) in [7, 11) is 0. The first-order chi connectivity index (χ1) is 19.0. The van der Waals surface area contributed by atoms with Gasteiger partial charge in [-0.1, -0.05) is 0 Å². The highest BCUT2D eigenvalue weighted by atomic mass is 19.4. The van der Waals surface area contributed by atoms with Gasteiger partial charge in [-0.05, 0) is 0 Å². The first kappa shape index (κ1) is 43.0. The molecule has 0 aliphatic rings. The Hall–Kier alpha value is -2.00. The monoisotopic (exact) mass is 746 g/mol. The lowest BCUT2D eigenvalue weighted by atomic mass is 9.92. The Kier molecular flexibility index (Phi) is 10.8. The van der Waals surface area contributed by atoms with E-state index >= 15 is 0 Å². The predicted molar refractivity (Wildman–Crippen MR) is 82.2 cm³/mol. The van der Waals surface area contributed by atoms with Crippen molar-refractivity contribution in [2.45, 2.75) is 83.9 Å². The molecule has 0 aliphatic heterocycles. The number of halogens is 28. The quantitative estimate of drug-likeness (QED) is 0.161. The van der Waals surface area contributed by atoms with Crippen molar-refractivity contribution in [1.29, 1.82) is 0 Å². The molecule has 2 unspecified atom stereocenters. The van der Waals surface area contributed by atoms with Gasteiger partial charge >= 0.3 is 71.6 Å². The molecule has 0 heterocycles. The van der Waals surface area contributed by atoms with Crippen molar-refractivity contribution < 1.29 is 128 Å². The summed E-state index contributed by atoms with van der Waals surface area (Å²) in [4.78, 5) is 0. The molecule has 0 aromatic carbocycles. The Morgan fingerprint density at radius 2 is 0.511 bits per heavy atom. The van der Waals surface area contributed by atoms with Gasteiger partial charge in [-0.3, -0.25) is 0 Å². The maximum Gasteiger partial charge on any atom is 0.425 e. The molecule has 0 rings (SSSR count). The number of alkyl halides is 28. The second kappa shape index (κ2) is 11.3. The number of rotatable bonds is 14. The Labute approximate surface area is 226 Å². The van der Waals surface area contributed by atoms with E-state index in [1.54, 1.807) is 0 Å². The van der Waals surface area contributed by atoms with Crippen LogP contribution in [0, 0.1) is 0 Å². The van der Waals surface area contributed by atoms with Crippen LogP contribution in [-0.4, -0.2) is 97.1 Å². The fourth-order valence-electron chi connectivity index (χ4n) is 2.49. The first-order valence-corrected chi connectivity index (χ1v) is 9.79. The van der Waals surface area contributed by atoms with Crippen molar-refractivity contribution in [2.75, 3.05) is 13.2 Å². The van der Waals surface area contributed by atoms with E-state index in [1.165, 1.54) is 0 Å². The highest BCUT2D eigenvalue weighted by Crippen LogP contribution is 2.61. The first-order valence-electron chi connectivity index (χ1n) is 9.79. The van der Waals surface area contributed by atoms with Crippen LogP contribution in [0.25, 0.3) is 0 Å². The second-order valence-electron chi connectivity index (χ2n) is 8.40. The Balaban J connectivity index is 6.38. The van der Waals surface area contributed by atoms with Crippen molar-refractivity contribution in [3.63, 3.8) is 0 Å². The van der Waals surface area contributed by atoms with E-state index in [-0.39, 0.29) is 0 Å². The molecule has 0 radical (unpaired) electrons. The summed E-state index contributed by atoms with van der Waals surface area (Å²) < 4.78 is 367. The van der Waals surface area contributed by atoms with Crippen molar-refractivity contribution >= 4 is 0 Å². The van der Waals surface area contributed by atoms with Crippen LogP contribution in [0.4, 0.5) is 123 Å². The zero-order valence-corrected chi connectivity index (χ0v) is 19.6. The Bertz CT molecular complexity index is 937. The van der Waals surface area contributed by atoms with E-state index in [0.29, 0.717) is 0 Å². The van der Waals surface area contributed by atoms with Crippen LogP contribution >= 0.6 is 0 Å². The van der Waals surface area contributed by atoms with Crippen molar-refractivity contribution in [2.24, 2.45) is 0 Å². The average Bonchev–Trinajstić information content (AvgIpc) is 2.80. The fourth-order valence-corrected chi connectivity index (χ4v) is 2.49. The van der Waals surface area contributed by atoms with E-state index < -0.39 is 97.1 Å². The van der Waals surface area contributed by atoms with Crippen molar-refractivity contribution in [1.82, 2.24) is 0 Å². The van der Waals surface area contributed by atoms with Gasteiger partial charge in [0.25, 0.3) is 12.3 Å². The predicted octanol–water partition coefficient (Wildman–Crippen LogP) is 9.16. The lowest BCUT2D eigenvalue weighted by Crippen LogP contribution is -2.71. The third-order valence-corrected chi connectivity index (χ3v) is 5.11. The normalized spacial score (nSPS) is 17.9. The molecule has 0 aromatic rings. The van der Waals surface area contributed by atoms with Crippen LogP contribution in [0.3, 0.4) is 0 Å². The lowest BCUT2D eigenvalue weighted by Gasteiger charge is -2.41. The number of ether oxygens (including phenoxy) is 1. The molecule has 29 heteroatoms. The van der Waals surface area contributed by atoms with Crippen LogP contribution in [0.15, 0.2) is 0 Å². The standard InChI is InChI=1S/C16H6F28O/c17-3(9(27,28)29)7(23,24)13(37,38)15(41,42)11(33,34)5(19,20)1-45-2-6(21,22)12(35,36)16(43,44)14(39,40)8(25,26)4(18)10(30,31)32/h3-4H,1-2H2. The Morgan fingerprint density at radius 1 is 0.311 bits per heavy atom. The van der Waals surface area contributed by atoms with Crippen LogP contribution in [-0.2, 0) is 4.74 Å². The third kappa shape index (κ3) is 6.46. The summed E-state index contributed by atoms with van der Waals surface area (Å²) in [6.07, 6.45) is -27.7. The topological polar surface area (TPSA) is 9.23 Å². The maximum absolute atomic E-state index is 13.5. The molecule has 0 saturated carbocycles. The largest absolute Gasteiger partial charge is 0.425 e. The fraction of sp³-hybridized carbons (Fsp3) is 1.00. The molecular formula is C16H6F28O. The van der Waals surface area contributed by atoms with E-state index in [0.717, 1.165) is 0 Å². The van der Waals surface area contributed by atoms with Crippen LogP contribution in [0.1, 0.15) is 0 Å². The van der Waals surface area contributed by atoms with E-state index in [1.807, 2.05) is 0 Å². The van der Waals surface area contributed by atoms with Gasteiger partial charge in [-0.25, -0.2) is 8.78 Å².